The van der Waals surface area contributed by atoms with E-state index in [0.29, 0.717) is 6.42 Å². The monoisotopic (exact) mass is 449 g/mol. The fourth-order valence-electron chi connectivity index (χ4n) is 4.06. The third-order valence-electron chi connectivity index (χ3n) is 5.49. The molecule has 2 atom stereocenters. The topological polar surface area (TPSA) is 110 Å². The molecule has 11 heteroatoms. The van der Waals surface area contributed by atoms with Crippen molar-refractivity contribution in [2.24, 2.45) is 0 Å². The normalized spacial score (nSPS) is 21.6. The van der Waals surface area contributed by atoms with Crippen molar-refractivity contribution >= 4 is 15.8 Å². The molecule has 0 aliphatic heterocycles. The summed E-state index contributed by atoms with van der Waals surface area (Å²) in [6.45, 7) is 1.89. The minimum atomic E-state index is -4.54. The molecule has 0 bridgehead atoms. The Labute approximate surface area is 178 Å². The fraction of sp³-hybridized carbons (Fsp3) is 0.350. The highest BCUT2D eigenvalue weighted by Crippen LogP contribution is 2.43. The van der Waals surface area contributed by atoms with Crippen molar-refractivity contribution in [3.05, 3.63) is 60.3 Å². The van der Waals surface area contributed by atoms with Gasteiger partial charge in [-0.15, -0.1) is 0 Å². The van der Waals surface area contributed by atoms with Crippen LogP contribution in [0.15, 0.2) is 48.0 Å². The summed E-state index contributed by atoms with van der Waals surface area (Å²) in [4.78, 5) is 6.27. The van der Waals surface area contributed by atoms with Crippen molar-refractivity contribution in [2.45, 2.75) is 49.0 Å². The standard InChI is InChI=1S/C20H21F2N5O3S/c1-20(6-3-2-4-15(20)13-10-25-26-11-13)30-14-8-16(21)19(17(22)9-14)31(28,29)27-18-5-7-23-12-24-18/h5,7-12,15H,2-4,6H2,1H3,(H,25,26)(H,23,24,27)/t15-,20-/m1/s1. The molecular weight excluding hydrogens is 428 g/mol. The molecule has 1 saturated carbocycles. The number of rotatable bonds is 6. The number of nitrogens with one attached hydrogen (secondary N) is 2. The summed E-state index contributed by atoms with van der Waals surface area (Å²) < 4.78 is 62.7. The van der Waals surface area contributed by atoms with Crippen LogP contribution in [0, 0.1) is 11.6 Å². The first-order valence-corrected chi connectivity index (χ1v) is 11.2. The molecule has 3 aromatic rings. The van der Waals surface area contributed by atoms with Gasteiger partial charge in [0.15, 0.2) is 4.90 Å². The van der Waals surface area contributed by atoms with E-state index < -0.39 is 32.2 Å². The zero-order chi connectivity index (χ0) is 22.1. The largest absolute Gasteiger partial charge is 0.487 e. The molecule has 2 N–H and O–H groups in total. The number of aromatic amines is 1. The van der Waals surface area contributed by atoms with Gasteiger partial charge < -0.3 is 4.74 Å². The molecule has 0 radical (unpaired) electrons. The van der Waals surface area contributed by atoms with Crippen LogP contribution >= 0.6 is 0 Å². The number of halogens is 2. The molecule has 1 aliphatic rings. The summed E-state index contributed by atoms with van der Waals surface area (Å²) >= 11 is 0. The van der Waals surface area contributed by atoms with Gasteiger partial charge in [0, 0.05) is 30.4 Å². The highest BCUT2D eigenvalue weighted by Gasteiger charge is 2.40. The quantitative estimate of drug-likeness (QED) is 0.593. The lowest BCUT2D eigenvalue weighted by Crippen LogP contribution is -2.41. The Bertz CT molecular complexity index is 1140. The van der Waals surface area contributed by atoms with Gasteiger partial charge in [0.2, 0.25) is 0 Å². The van der Waals surface area contributed by atoms with Gasteiger partial charge in [0.05, 0.1) is 6.20 Å². The summed E-state index contributed by atoms with van der Waals surface area (Å²) in [5.41, 5.74) is 0.233. The number of anilines is 1. The number of hydrogen-bond acceptors (Lipinski definition) is 6. The predicted molar refractivity (Wildman–Crippen MR) is 108 cm³/mol. The molecule has 8 nitrogen and oxygen atoms in total. The Kier molecular flexibility index (Phi) is 5.61. The Hall–Kier alpha value is -3.08. The van der Waals surface area contributed by atoms with Crippen LogP contribution in [0.3, 0.4) is 0 Å². The lowest BCUT2D eigenvalue weighted by Gasteiger charge is -2.41. The molecule has 2 heterocycles. The van der Waals surface area contributed by atoms with E-state index in [1.807, 2.05) is 11.6 Å². The van der Waals surface area contributed by atoms with E-state index in [4.69, 9.17) is 4.74 Å². The number of ether oxygens (including phenoxy) is 1. The minimum absolute atomic E-state index is 0.0195. The summed E-state index contributed by atoms with van der Waals surface area (Å²) in [5, 5.41) is 6.77. The van der Waals surface area contributed by atoms with Crippen molar-refractivity contribution in [3.8, 4) is 5.75 Å². The van der Waals surface area contributed by atoms with E-state index in [-0.39, 0.29) is 17.5 Å². The van der Waals surface area contributed by atoms with Gasteiger partial charge in [0.1, 0.15) is 35.1 Å². The van der Waals surface area contributed by atoms with Crippen LogP contribution in [0.2, 0.25) is 0 Å². The highest BCUT2D eigenvalue weighted by atomic mass is 32.2. The van der Waals surface area contributed by atoms with Gasteiger partial charge in [-0.05, 0) is 37.8 Å². The molecule has 1 aliphatic carbocycles. The second kappa shape index (κ2) is 8.22. The van der Waals surface area contributed by atoms with Crippen LogP contribution in [-0.4, -0.2) is 34.2 Å². The van der Waals surface area contributed by atoms with Crippen LogP contribution in [0.5, 0.6) is 5.75 Å². The van der Waals surface area contributed by atoms with Crippen molar-refractivity contribution in [1.82, 2.24) is 20.2 Å². The van der Waals surface area contributed by atoms with Gasteiger partial charge in [-0.3, -0.25) is 9.82 Å². The number of sulfonamides is 1. The minimum Gasteiger partial charge on any atom is -0.487 e. The summed E-state index contributed by atoms with van der Waals surface area (Å²) in [6.07, 6.45) is 9.35. The molecular formula is C20H21F2N5O3S. The Morgan fingerprint density at radius 2 is 2.03 bits per heavy atom. The first kappa shape index (κ1) is 21.2. The summed E-state index contributed by atoms with van der Waals surface area (Å²) in [6, 6.07) is 3.05. The van der Waals surface area contributed by atoms with Crippen molar-refractivity contribution in [1.29, 1.82) is 0 Å². The molecule has 1 aromatic carbocycles. The second-order valence-corrected chi connectivity index (χ2v) is 9.28. The average Bonchev–Trinajstić information content (AvgIpc) is 3.22. The maximum Gasteiger partial charge on any atom is 0.268 e. The third-order valence-corrected chi connectivity index (χ3v) is 6.89. The summed E-state index contributed by atoms with van der Waals surface area (Å²) in [5.74, 6) is -2.71. The molecule has 2 aromatic heterocycles. The van der Waals surface area contributed by atoms with E-state index in [1.54, 1.807) is 12.4 Å². The SMILES string of the molecule is C[C@@]1(Oc2cc(F)c(S(=O)(=O)Nc3ccncn3)c(F)c2)CCCC[C@@H]1c1cn[nH]c1. The number of benzene rings is 1. The Morgan fingerprint density at radius 3 is 2.68 bits per heavy atom. The van der Waals surface area contributed by atoms with Crippen LogP contribution in [-0.2, 0) is 10.0 Å². The molecule has 0 saturated heterocycles. The van der Waals surface area contributed by atoms with Crippen molar-refractivity contribution in [3.63, 3.8) is 0 Å². The molecule has 31 heavy (non-hydrogen) atoms. The average molecular weight is 449 g/mol. The van der Waals surface area contributed by atoms with Crippen molar-refractivity contribution in [2.75, 3.05) is 4.72 Å². The number of H-pyrrole nitrogens is 1. The van der Waals surface area contributed by atoms with Crippen LogP contribution < -0.4 is 9.46 Å². The first-order valence-electron chi connectivity index (χ1n) is 9.74. The first-order chi connectivity index (χ1) is 14.8. The maximum absolute atomic E-state index is 14.8. The fourth-order valence-corrected chi connectivity index (χ4v) is 5.19. The van der Waals surface area contributed by atoms with E-state index in [0.717, 1.165) is 43.3 Å². The van der Waals surface area contributed by atoms with E-state index >= 15 is 0 Å². The number of aromatic nitrogens is 4. The van der Waals surface area contributed by atoms with Crippen molar-refractivity contribution < 1.29 is 21.9 Å². The molecule has 164 valence electrons. The number of nitrogens with zero attached hydrogens (tertiary/aromatic N) is 3. The molecule has 0 unspecified atom stereocenters. The van der Waals surface area contributed by atoms with Crippen LogP contribution in [0.25, 0.3) is 0 Å². The Morgan fingerprint density at radius 1 is 1.26 bits per heavy atom. The number of hydrogen-bond donors (Lipinski definition) is 2. The molecule has 4 rings (SSSR count). The molecule has 0 amide bonds. The van der Waals surface area contributed by atoms with Gasteiger partial charge in [-0.2, -0.15) is 5.10 Å². The predicted octanol–water partition coefficient (Wildman–Crippen LogP) is 3.77. The van der Waals surface area contributed by atoms with Gasteiger partial charge in [0.25, 0.3) is 10.0 Å². The van der Waals surface area contributed by atoms with E-state index in [1.165, 1.54) is 12.3 Å². The highest BCUT2D eigenvalue weighted by molar-refractivity contribution is 7.92. The van der Waals surface area contributed by atoms with Crippen LogP contribution in [0.1, 0.15) is 44.1 Å². The smallest absolute Gasteiger partial charge is 0.268 e. The van der Waals surface area contributed by atoms with E-state index in [2.05, 4.69) is 20.2 Å². The molecule has 0 spiro atoms. The summed E-state index contributed by atoms with van der Waals surface area (Å²) in [7, 11) is -4.54. The second-order valence-electron chi connectivity index (χ2n) is 7.66. The third kappa shape index (κ3) is 4.36. The molecule has 1 fully saturated rings. The zero-order valence-corrected chi connectivity index (χ0v) is 17.5. The lowest BCUT2D eigenvalue weighted by molar-refractivity contribution is 0.0254. The van der Waals surface area contributed by atoms with Gasteiger partial charge in [-0.25, -0.2) is 27.2 Å². The van der Waals surface area contributed by atoms with Crippen LogP contribution in [0.4, 0.5) is 14.6 Å². The van der Waals surface area contributed by atoms with Gasteiger partial charge >= 0.3 is 0 Å². The van der Waals surface area contributed by atoms with E-state index in [9.17, 15) is 17.2 Å². The Balaban J connectivity index is 1.62. The maximum atomic E-state index is 14.8. The lowest BCUT2D eigenvalue weighted by atomic mass is 9.73. The van der Waals surface area contributed by atoms with Gasteiger partial charge in [-0.1, -0.05) is 6.42 Å². The zero-order valence-electron chi connectivity index (χ0n) is 16.7.